The molecule has 3 aromatic heterocycles. The molecule has 0 saturated carbocycles. The van der Waals surface area contributed by atoms with E-state index < -0.39 is 0 Å². The van der Waals surface area contributed by atoms with Crippen LogP contribution in [0.5, 0.6) is 0 Å². The summed E-state index contributed by atoms with van der Waals surface area (Å²) < 4.78 is 2.97. The maximum absolute atomic E-state index is 13.4. The van der Waals surface area contributed by atoms with Gasteiger partial charge in [-0.2, -0.15) is 5.10 Å². The number of para-hydroxylation sites is 1. The number of carbonyl (C=O) groups excluding carboxylic acids is 1. The Kier molecular flexibility index (Phi) is 6.07. The average molecular weight is 480 g/mol. The first-order valence-corrected chi connectivity index (χ1v) is 13.2. The molecule has 0 bridgehead atoms. The van der Waals surface area contributed by atoms with Gasteiger partial charge in [-0.25, -0.2) is 4.98 Å². The third-order valence-corrected chi connectivity index (χ3v) is 8.18. The third kappa shape index (κ3) is 4.23. The molecule has 0 radical (unpaired) electrons. The highest BCUT2D eigenvalue weighted by Gasteiger charge is 2.28. The summed E-state index contributed by atoms with van der Waals surface area (Å²) in [5.74, 6) is -0.115. The molecule has 33 heavy (non-hydrogen) atoms. The van der Waals surface area contributed by atoms with Gasteiger partial charge in [0, 0.05) is 29.6 Å². The number of hydrogen-bond acceptors (Lipinski definition) is 6. The maximum atomic E-state index is 13.4. The molecule has 5 rings (SSSR count). The Bertz CT molecular complexity index is 1280. The predicted molar refractivity (Wildman–Crippen MR) is 138 cm³/mol. The molecular formula is C25H29N5OS2. The second kappa shape index (κ2) is 9.00. The molecular weight excluding hydrogens is 450 g/mol. The lowest BCUT2D eigenvalue weighted by molar-refractivity contribution is 0.101. The Morgan fingerprint density at radius 2 is 2.06 bits per heavy atom. The molecule has 4 heterocycles. The predicted octanol–water partition coefficient (Wildman–Crippen LogP) is 6.13. The third-order valence-electron chi connectivity index (χ3n) is 5.99. The SMILES string of the molecule is CCCN1CCc2c(sc(NC(=O)c3cc(C)nn3C(C)C)c2-c2nc3ccccc3s2)C1. The maximum Gasteiger partial charge on any atom is 0.274 e. The fourth-order valence-corrected chi connectivity index (χ4v) is 6.90. The van der Waals surface area contributed by atoms with Crippen LogP contribution in [0, 0.1) is 6.92 Å². The molecule has 172 valence electrons. The number of thiazole rings is 1. The van der Waals surface area contributed by atoms with E-state index in [2.05, 4.69) is 34.4 Å². The Labute approximate surface area is 202 Å². The molecule has 1 aromatic carbocycles. The van der Waals surface area contributed by atoms with Gasteiger partial charge in [-0.3, -0.25) is 14.4 Å². The molecule has 1 aliphatic heterocycles. The number of carbonyl (C=O) groups is 1. The quantitative estimate of drug-likeness (QED) is 0.361. The van der Waals surface area contributed by atoms with Crippen LogP contribution in [0.15, 0.2) is 30.3 Å². The van der Waals surface area contributed by atoms with Gasteiger partial charge in [0.15, 0.2) is 0 Å². The van der Waals surface area contributed by atoms with E-state index in [1.165, 1.54) is 15.1 Å². The summed E-state index contributed by atoms with van der Waals surface area (Å²) in [5.41, 5.74) is 4.90. The van der Waals surface area contributed by atoms with Crippen LogP contribution in [0.4, 0.5) is 5.00 Å². The zero-order valence-electron chi connectivity index (χ0n) is 19.5. The van der Waals surface area contributed by atoms with Crippen LogP contribution < -0.4 is 5.32 Å². The van der Waals surface area contributed by atoms with Crippen molar-refractivity contribution < 1.29 is 4.79 Å². The number of benzene rings is 1. The fraction of sp³-hybridized carbons (Fsp3) is 0.400. The number of rotatable bonds is 6. The van der Waals surface area contributed by atoms with Crippen LogP contribution in [0.1, 0.15) is 59.9 Å². The summed E-state index contributed by atoms with van der Waals surface area (Å²) in [5, 5.41) is 9.66. The number of anilines is 1. The Morgan fingerprint density at radius 1 is 1.24 bits per heavy atom. The first-order chi connectivity index (χ1) is 15.9. The molecule has 8 heteroatoms. The van der Waals surface area contributed by atoms with E-state index in [0.717, 1.165) is 59.3 Å². The van der Waals surface area contributed by atoms with E-state index in [-0.39, 0.29) is 11.9 Å². The molecule has 1 aliphatic rings. The van der Waals surface area contributed by atoms with Crippen LogP contribution in [0.25, 0.3) is 20.8 Å². The Balaban J connectivity index is 1.57. The van der Waals surface area contributed by atoms with Gasteiger partial charge in [-0.1, -0.05) is 19.1 Å². The van der Waals surface area contributed by atoms with Gasteiger partial charge in [0.2, 0.25) is 0 Å². The van der Waals surface area contributed by atoms with Gasteiger partial charge < -0.3 is 5.32 Å². The Hall–Kier alpha value is -2.55. The van der Waals surface area contributed by atoms with E-state index >= 15 is 0 Å². The molecule has 0 saturated heterocycles. The van der Waals surface area contributed by atoms with E-state index in [4.69, 9.17) is 4.98 Å². The number of hydrogen-bond donors (Lipinski definition) is 1. The van der Waals surface area contributed by atoms with Crippen LogP contribution in [0.3, 0.4) is 0 Å². The summed E-state index contributed by atoms with van der Waals surface area (Å²) >= 11 is 3.40. The zero-order valence-corrected chi connectivity index (χ0v) is 21.1. The van der Waals surface area contributed by atoms with Crippen molar-refractivity contribution in [2.75, 3.05) is 18.4 Å². The van der Waals surface area contributed by atoms with Crippen molar-refractivity contribution in [3.63, 3.8) is 0 Å². The van der Waals surface area contributed by atoms with Crippen LogP contribution >= 0.6 is 22.7 Å². The van der Waals surface area contributed by atoms with Crippen molar-refractivity contribution in [3.8, 4) is 10.6 Å². The highest BCUT2D eigenvalue weighted by atomic mass is 32.1. The second-order valence-corrected chi connectivity index (χ2v) is 11.0. The largest absolute Gasteiger partial charge is 0.312 e. The molecule has 1 amide bonds. The van der Waals surface area contributed by atoms with Crippen molar-refractivity contribution >= 4 is 43.8 Å². The van der Waals surface area contributed by atoms with Crippen molar-refractivity contribution in [1.29, 1.82) is 0 Å². The Morgan fingerprint density at radius 3 is 2.82 bits per heavy atom. The van der Waals surface area contributed by atoms with Crippen molar-refractivity contribution in [2.24, 2.45) is 0 Å². The number of aromatic nitrogens is 3. The smallest absolute Gasteiger partial charge is 0.274 e. The summed E-state index contributed by atoms with van der Waals surface area (Å²) in [4.78, 5) is 22.2. The monoisotopic (exact) mass is 479 g/mol. The molecule has 0 aliphatic carbocycles. The number of thiophene rings is 1. The van der Waals surface area contributed by atoms with Gasteiger partial charge in [0.05, 0.1) is 15.9 Å². The van der Waals surface area contributed by atoms with Crippen molar-refractivity contribution in [3.05, 3.63) is 52.2 Å². The lowest BCUT2D eigenvalue weighted by Crippen LogP contribution is -2.30. The normalized spacial score (nSPS) is 14.2. The number of nitrogens with zero attached hydrogens (tertiary/aromatic N) is 4. The molecule has 4 aromatic rings. The standard InChI is InChI=1S/C25H29N5OS2/c1-5-11-29-12-10-17-21(14-29)33-25(22(17)24-26-18-8-6-7-9-20(18)32-24)27-23(31)19-13-16(4)28-30(19)15(2)3/h6-9,13,15H,5,10-12,14H2,1-4H3,(H,27,31). The molecule has 0 spiro atoms. The molecule has 0 unspecified atom stereocenters. The molecule has 0 fully saturated rings. The van der Waals surface area contributed by atoms with Crippen molar-refractivity contribution in [2.45, 2.75) is 53.1 Å². The second-order valence-electron chi connectivity index (χ2n) is 8.88. The summed E-state index contributed by atoms with van der Waals surface area (Å²) in [6, 6.07) is 10.2. The highest BCUT2D eigenvalue weighted by molar-refractivity contribution is 7.23. The minimum Gasteiger partial charge on any atom is -0.312 e. The average Bonchev–Trinajstić information content (AvgIpc) is 3.47. The minimum atomic E-state index is -0.115. The van der Waals surface area contributed by atoms with E-state index in [1.807, 2.05) is 39.0 Å². The molecule has 1 N–H and O–H groups in total. The van der Waals surface area contributed by atoms with Gasteiger partial charge >= 0.3 is 0 Å². The molecule has 6 nitrogen and oxygen atoms in total. The van der Waals surface area contributed by atoms with E-state index in [1.54, 1.807) is 27.4 Å². The molecule has 0 atom stereocenters. The van der Waals surface area contributed by atoms with Crippen molar-refractivity contribution in [1.82, 2.24) is 19.7 Å². The van der Waals surface area contributed by atoms with Gasteiger partial charge in [-0.05, 0) is 63.9 Å². The van der Waals surface area contributed by atoms with Gasteiger partial charge in [0.1, 0.15) is 15.7 Å². The highest BCUT2D eigenvalue weighted by Crippen LogP contribution is 2.45. The fourth-order valence-electron chi connectivity index (χ4n) is 4.50. The lowest BCUT2D eigenvalue weighted by atomic mass is 10.0. The zero-order chi connectivity index (χ0) is 23.1. The topological polar surface area (TPSA) is 63.1 Å². The summed E-state index contributed by atoms with van der Waals surface area (Å²) in [6.07, 6.45) is 2.13. The van der Waals surface area contributed by atoms with Crippen LogP contribution in [0.2, 0.25) is 0 Å². The minimum absolute atomic E-state index is 0.113. The summed E-state index contributed by atoms with van der Waals surface area (Å²) in [6.45, 7) is 11.3. The number of fused-ring (bicyclic) bond motifs is 2. The van der Waals surface area contributed by atoms with E-state index in [0.29, 0.717) is 5.69 Å². The first-order valence-electron chi connectivity index (χ1n) is 11.5. The number of nitrogens with one attached hydrogen (secondary N) is 1. The van der Waals surface area contributed by atoms with E-state index in [9.17, 15) is 4.79 Å². The van der Waals surface area contributed by atoms with Gasteiger partial charge in [-0.15, -0.1) is 22.7 Å². The van der Waals surface area contributed by atoms with Crippen LogP contribution in [-0.2, 0) is 13.0 Å². The van der Waals surface area contributed by atoms with Crippen LogP contribution in [-0.4, -0.2) is 38.7 Å². The number of aryl methyl sites for hydroxylation is 1. The number of amides is 1. The first kappa shape index (κ1) is 22.3. The summed E-state index contributed by atoms with van der Waals surface area (Å²) in [7, 11) is 0. The lowest BCUT2D eigenvalue weighted by Gasteiger charge is -2.26. The van der Waals surface area contributed by atoms with Gasteiger partial charge in [0.25, 0.3) is 5.91 Å².